The molecule has 1 amide bonds. The maximum Gasteiger partial charge on any atom is 0.328 e. The summed E-state index contributed by atoms with van der Waals surface area (Å²) in [6, 6.07) is 5.10. The van der Waals surface area contributed by atoms with E-state index in [-0.39, 0.29) is 17.7 Å². The second-order valence-electron chi connectivity index (χ2n) is 5.15. The average Bonchev–Trinajstić information content (AvgIpc) is 2.44. The van der Waals surface area contributed by atoms with Gasteiger partial charge in [-0.3, -0.25) is 4.79 Å². The SMILES string of the molecule is COc1ccc(C=CC(=O)O)cc1NC(=O)C(C)C(C)C. The summed E-state index contributed by atoms with van der Waals surface area (Å²) in [6.07, 6.45) is 2.51. The van der Waals surface area contributed by atoms with E-state index in [9.17, 15) is 9.59 Å². The van der Waals surface area contributed by atoms with Crippen LogP contribution in [-0.4, -0.2) is 24.1 Å². The molecule has 0 fully saturated rings. The Kier molecular flexibility index (Phi) is 5.96. The molecule has 114 valence electrons. The van der Waals surface area contributed by atoms with E-state index in [1.807, 2.05) is 20.8 Å². The first-order chi connectivity index (χ1) is 9.85. The number of ether oxygens (including phenoxy) is 1. The summed E-state index contributed by atoms with van der Waals surface area (Å²) in [5, 5.41) is 11.5. The Balaban J connectivity index is 3.00. The molecule has 2 N–H and O–H groups in total. The summed E-state index contributed by atoms with van der Waals surface area (Å²) in [5.74, 6) is -0.488. The second kappa shape index (κ2) is 7.47. The third-order valence-corrected chi connectivity index (χ3v) is 3.31. The molecule has 0 heterocycles. The van der Waals surface area contributed by atoms with Crippen LogP contribution in [0.15, 0.2) is 24.3 Å². The Morgan fingerprint density at radius 2 is 1.95 bits per heavy atom. The van der Waals surface area contributed by atoms with Crippen molar-refractivity contribution in [1.82, 2.24) is 0 Å². The Labute approximate surface area is 124 Å². The standard InChI is InChI=1S/C16H21NO4/c1-10(2)11(3)16(20)17-13-9-12(6-8-15(18)19)5-7-14(13)21-4/h5-11H,1-4H3,(H,17,20)(H,18,19). The zero-order valence-corrected chi connectivity index (χ0v) is 12.7. The fraction of sp³-hybridized carbons (Fsp3) is 0.375. The summed E-state index contributed by atoms with van der Waals surface area (Å²) in [5.41, 5.74) is 1.20. The van der Waals surface area contributed by atoms with Gasteiger partial charge in [0.05, 0.1) is 12.8 Å². The minimum absolute atomic E-state index is 0.0948. The number of carboxylic acids is 1. The maximum atomic E-state index is 12.1. The normalized spacial score (nSPS) is 12.4. The molecule has 0 radical (unpaired) electrons. The van der Waals surface area contributed by atoms with E-state index in [0.717, 1.165) is 6.08 Å². The number of carbonyl (C=O) groups is 2. The van der Waals surface area contributed by atoms with Crippen molar-refractivity contribution in [2.45, 2.75) is 20.8 Å². The fourth-order valence-corrected chi connectivity index (χ4v) is 1.64. The molecular formula is C16H21NO4. The number of anilines is 1. The molecule has 0 saturated heterocycles. The van der Waals surface area contributed by atoms with Crippen LogP contribution in [0.5, 0.6) is 5.75 Å². The summed E-state index contributed by atoms with van der Waals surface area (Å²) < 4.78 is 5.21. The minimum atomic E-state index is -1.02. The summed E-state index contributed by atoms with van der Waals surface area (Å²) in [7, 11) is 1.52. The molecule has 1 aromatic rings. The van der Waals surface area contributed by atoms with E-state index in [2.05, 4.69) is 5.32 Å². The lowest BCUT2D eigenvalue weighted by Gasteiger charge is -2.17. The number of carboxylic acid groups (broad SMARTS) is 1. The Bertz CT molecular complexity index is 549. The van der Waals surface area contributed by atoms with E-state index in [1.165, 1.54) is 13.2 Å². The number of aliphatic carboxylic acids is 1. The molecule has 0 saturated carbocycles. The number of methoxy groups -OCH3 is 1. The van der Waals surface area contributed by atoms with Gasteiger partial charge in [0, 0.05) is 12.0 Å². The van der Waals surface area contributed by atoms with Crippen molar-refractivity contribution in [3.63, 3.8) is 0 Å². The number of rotatable bonds is 6. The van der Waals surface area contributed by atoms with Gasteiger partial charge < -0.3 is 15.2 Å². The molecule has 1 aromatic carbocycles. The highest BCUT2D eigenvalue weighted by Crippen LogP contribution is 2.27. The number of amides is 1. The van der Waals surface area contributed by atoms with Crippen molar-refractivity contribution in [3.8, 4) is 5.75 Å². The van der Waals surface area contributed by atoms with E-state index in [1.54, 1.807) is 18.2 Å². The number of hydrogen-bond donors (Lipinski definition) is 2. The predicted octanol–water partition coefficient (Wildman–Crippen LogP) is 3.02. The number of hydrogen-bond acceptors (Lipinski definition) is 3. The van der Waals surface area contributed by atoms with Gasteiger partial charge in [-0.15, -0.1) is 0 Å². The van der Waals surface area contributed by atoms with E-state index >= 15 is 0 Å². The van der Waals surface area contributed by atoms with E-state index in [4.69, 9.17) is 9.84 Å². The van der Waals surface area contributed by atoms with Crippen LogP contribution in [0.1, 0.15) is 26.3 Å². The third kappa shape index (κ3) is 4.95. The Morgan fingerprint density at radius 1 is 1.29 bits per heavy atom. The molecular weight excluding hydrogens is 270 g/mol. The van der Waals surface area contributed by atoms with Crippen molar-refractivity contribution in [2.24, 2.45) is 11.8 Å². The van der Waals surface area contributed by atoms with Crippen molar-refractivity contribution in [1.29, 1.82) is 0 Å². The summed E-state index contributed by atoms with van der Waals surface area (Å²) in [4.78, 5) is 22.7. The molecule has 5 nitrogen and oxygen atoms in total. The van der Waals surface area contributed by atoms with Gasteiger partial charge in [-0.2, -0.15) is 0 Å². The van der Waals surface area contributed by atoms with Crippen LogP contribution in [0.3, 0.4) is 0 Å². The van der Waals surface area contributed by atoms with Crippen LogP contribution >= 0.6 is 0 Å². The zero-order chi connectivity index (χ0) is 16.0. The fourth-order valence-electron chi connectivity index (χ4n) is 1.64. The minimum Gasteiger partial charge on any atom is -0.495 e. The van der Waals surface area contributed by atoms with Crippen molar-refractivity contribution < 1.29 is 19.4 Å². The van der Waals surface area contributed by atoms with Gasteiger partial charge in [-0.1, -0.05) is 26.8 Å². The van der Waals surface area contributed by atoms with Gasteiger partial charge in [0.1, 0.15) is 5.75 Å². The highest BCUT2D eigenvalue weighted by atomic mass is 16.5. The molecule has 1 rings (SSSR count). The molecule has 0 aliphatic rings. The van der Waals surface area contributed by atoms with Crippen LogP contribution in [0, 0.1) is 11.8 Å². The van der Waals surface area contributed by atoms with Gasteiger partial charge in [0.2, 0.25) is 5.91 Å². The lowest BCUT2D eigenvalue weighted by molar-refractivity contribution is -0.131. The van der Waals surface area contributed by atoms with Gasteiger partial charge >= 0.3 is 5.97 Å². The monoisotopic (exact) mass is 291 g/mol. The van der Waals surface area contributed by atoms with Gasteiger partial charge in [-0.25, -0.2) is 4.79 Å². The molecule has 5 heteroatoms. The average molecular weight is 291 g/mol. The molecule has 0 aliphatic heterocycles. The molecule has 0 spiro atoms. The van der Waals surface area contributed by atoms with Gasteiger partial charge in [0.25, 0.3) is 0 Å². The number of carbonyl (C=O) groups excluding carboxylic acids is 1. The van der Waals surface area contributed by atoms with Crippen molar-refractivity contribution in [2.75, 3.05) is 12.4 Å². The van der Waals surface area contributed by atoms with Crippen LogP contribution in [0.25, 0.3) is 6.08 Å². The van der Waals surface area contributed by atoms with E-state index < -0.39 is 5.97 Å². The highest BCUT2D eigenvalue weighted by Gasteiger charge is 2.18. The lowest BCUT2D eigenvalue weighted by atomic mass is 9.97. The Morgan fingerprint density at radius 3 is 2.48 bits per heavy atom. The van der Waals surface area contributed by atoms with Crippen LogP contribution < -0.4 is 10.1 Å². The van der Waals surface area contributed by atoms with Crippen LogP contribution in [0.2, 0.25) is 0 Å². The smallest absolute Gasteiger partial charge is 0.328 e. The van der Waals surface area contributed by atoms with Crippen LogP contribution in [-0.2, 0) is 9.59 Å². The molecule has 0 bridgehead atoms. The van der Waals surface area contributed by atoms with Gasteiger partial charge in [0.15, 0.2) is 0 Å². The quantitative estimate of drug-likeness (QED) is 0.790. The maximum absolute atomic E-state index is 12.1. The van der Waals surface area contributed by atoms with Crippen molar-refractivity contribution >= 4 is 23.6 Å². The molecule has 0 aliphatic carbocycles. The van der Waals surface area contributed by atoms with E-state index in [0.29, 0.717) is 17.0 Å². The molecule has 21 heavy (non-hydrogen) atoms. The lowest BCUT2D eigenvalue weighted by Crippen LogP contribution is -2.24. The Hall–Kier alpha value is -2.30. The summed E-state index contributed by atoms with van der Waals surface area (Å²) in [6.45, 7) is 5.82. The highest BCUT2D eigenvalue weighted by molar-refractivity contribution is 5.94. The van der Waals surface area contributed by atoms with Gasteiger partial charge in [-0.05, 0) is 29.7 Å². The third-order valence-electron chi connectivity index (χ3n) is 3.31. The summed E-state index contributed by atoms with van der Waals surface area (Å²) >= 11 is 0. The predicted molar refractivity (Wildman–Crippen MR) is 82.3 cm³/mol. The first-order valence-corrected chi connectivity index (χ1v) is 6.75. The first-order valence-electron chi connectivity index (χ1n) is 6.75. The topological polar surface area (TPSA) is 75.6 Å². The van der Waals surface area contributed by atoms with Crippen molar-refractivity contribution in [3.05, 3.63) is 29.8 Å². The largest absolute Gasteiger partial charge is 0.495 e. The van der Waals surface area contributed by atoms with Crippen LogP contribution in [0.4, 0.5) is 5.69 Å². The zero-order valence-electron chi connectivity index (χ0n) is 12.7. The molecule has 1 unspecified atom stereocenters. The first kappa shape index (κ1) is 16.8. The number of nitrogens with one attached hydrogen (secondary N) is 1. The molecule has 0 aromatic heterocycles. The second-order valence-corrected chi connectivity index (χ2v) is 5.15. The molecule has 1 atom stereocenters. The number of benzene rings is 1.